The monoisotopic (exact) mass is 303 g/mol. The second-order valence-electron chi connectivity index (χ2n) is 4.44. The van der Waals surface area contributed by atoms with E-state index in [2.05, 4.69) is 0 Å². The van der Waals surface area contributed by atoms with Gasteiger partial charge in [-0.25, -0.2) is 0 Å². The Morgan fingerprint density at radius 3 is 3.17 bits per heavy atom. The van der Waals surface area contributed by atoms with Crippen LogP contribution in [0.25, 0.3) is 0 Å². The van der Waals surface area contributed by atoms with Crippen LogP contribution in [0.1, 0.15) is 16.1 Å². The highest BCUT2D eigenvalue weighted by molar-refractivity contribution is 8.00. The molecule has 3 rings (SSSR count). The van der Waals surface area contributed by atoms with E-state index in [0.717, 1.165) is 36.8 Å². The van der Waals surface area contributed by atoms with Crippen molar-refractivity contribution >= 4 is 40.6 Å². The average Bonchev–Trinajstić information content (AvgIpc) is 2.84. The number of hydrogen-bond donors (Lipinski definition) is 0. The summed E-state index contributed by atoms with van der Waals surface area (Å²) in [6, 6.07) is 3.94. The third kappa shape index (κ3) is 2.41. The Bertz CT molecular complexity index is 449. The van der Waals surface area contributed by atoms with Gasteiger partial charge in [0.15, 0.2) is 0 Å². The van der Waals surface area contributed by atoms with Crippen LogP contribution in [-0.2, 0) is 4.74 Å². The third-order valence-corrected chi connectivity index (χ3v) is 5.89. The van der Waals surface area contributed by atoms with Gasteiger partial charge in [0, 0.05) is 30.2 Å². The number of ether oxygens (including phenoxy) is 1. The van der Waals surface area contributed by atoms with Crippen LogP contribution >= 0.6 is 34.7 Å². The summed E-state index contributed by atoms with van der Waals surface area (Å²) in [5, 5.41) is 0.437. The molecule has 2 aliphatic heterocycles. The fourth-order valence-corrected chi connectivity index (χ4v) is 4.81. The molecule has 6 heteroatoms. The van der Waals surface area contributed by atoms with Gasteiger partial charge in [-0.3, -0.25) is 4.79 Å². The highest BCUT2D eigenvalue weighted by Crippen LogP contribution is 2.32. The first-order valence-corrected chi connectivity index (χ1v) is 8.25. The topological polar surface area (TPSA) is 29.5 Å². The number of thiophene rings is 1. The first-order chi connectivity index (χ1) is 8.75. The van der Waals surface area contributed by atoms with Crippen molar-refractivity contribution in [2.75, 3.05) is 25.5 Å². The zero-order chi connectivity index (χ0) is 12.5. The lowest BCUT2D eigenvalue weighted by Crippen LogP contribution is -2.54. The molecule has 2 aliphatic rings. The summed E-state index contributed by atoms with van der Waals surface area (Å²) in [6.07, 6.45) is 0.947. The Morgan fingerprint density at radius 1 is 1.50 bits per heavy atom. The fourth-order valence-electron chi connectivity index (χ4n) is 2.51. The van der Waals surface area contributed by atoms with E-state index in [1.807, 2.05) is 22.7 Å². The second-order valence-corrected chi connectivity index (χ2v) is 7.50. The molecule has 98 valence electrons. The predicted molar refractivity (Wildman–Crippen MR) is 75.8 cm³/mol. The van der Waals surface area contributed by atoms with Gasteiger partial charge in [0.05, 0.1) is 15.8 Å². The molecule has 1 aromatic rings. The zero-order valence-corrected chi connectivity index (χ0v) is 12.2. The molecule has 0 aliphatic carbocycles. The molecule has 3 nitrogen and oxygen atoms in total. The van der Waals surface area contributed by atoms with E-state index in [1.54, 1.807) is 6.07 Å². The summed E-state index contributed by atoms with van der Waals surface area (Å²) in [4.78, 5) is 15.3. The summed E-state index contributed by atoms with van der Waals surface area (Å²) in [7, 11) is 0. The van der Waals surface area contributed by atoms with Crippen molar-refractivity contribution in [3.63, 3.8) is 0 Å². The maximum atomic E-state index is 12.5. The van der Waals surface area contributed by atoms with Crippen molar-refractivity contribution in [1.29, 1.82) is 0 Å². The van der Waals surface area contributed by atoms with Crippen LogP contribution in [-0.4, -0.2) is 47.6 Å². The number of hydrogen-bond acceptors (Lipinski definition) is 4. The normalized spacial score (nSPS) is 27.9. The van der Waals surface area contributed by atoms with Crippen LogP contribution in [0.15, 0.2) is 12.1 Å². The highest BCUT2D eigenvalue weighted by Gasteiger charge is 2.37. The van der Waals surface area contributed by atoms with E-state index >= 15 is 0 Å². The standard InChI is InChI=1S/C12H14ClNO2S2/c13-11-2-1-9(18-11)12(15)14-4-6-17-10-7-16-5-3-8(10)14/h1-2,8,10H,3-7H2/t8-,10+/m1/s1. The molecule has 0 bridgehead atoms. The molecule has 2 fully saturated rings. The third-order valence-electron chi connectivity index (χ3n) is 3.38. The van der Waals surface area contributed by atoms with Gasteiger partial charge in [0.25, 0.3) is 5.91 Å². The Balaban J connectivity index is 1.79. The Labute approximate surface area is 119 Å². The van der Waals surface area contributed by atoms with Crippen molar-refractivity contribution in [2.45, 2.75) is 17.7 Å². The van der Waals surface area contributed by atoms with Crippen molar-refractivity contribution < 1.29 is 9.53 Å². The first-order valence-electron chi connectivity index (χ1n) is 6.01. The van der Waals surface area contributed by atoms with Crippen LogP contribution in [0, 0.1) is 0 Å². The first kappa shape index (κ1) is 12.8. The van der Waals surface area contributed by atoms with Crippen LogP contribution in [0.5, 0.6) is 0 Å². The zero-order valence-electron chi connectivity index (χ0n) is 9.80. The summed E-state index contributed by atoms with van der Waals surface area (Å²) in [5.74, 6) is 1.12. The SMILES string of the molecule is O=C(c1ccc(Cl)s1)N1CCS[C@H]2COCC[C@H]21. The Kier molecular flexibility index (Phi) is 3.84. The van der Waals surface area contributed by atoms with Crippen LogP contribution in [0.2, 0.25) is 4.34 Å². The molecule has 18 heavy (non-hydrogen) atoms. The molecule has 2 atom stereocenters. The lowest BCUT2D eigenvalue weighted by atomic mass is 10.1. The smallest absolute Gasteiger partial charge is 0.264 e. The summed E-state index contributed by atoms with van der Waals surface area (Å²) in [5.41, 5.74) is 0. The molecule has 0 spiro atoms. The number of thioether (sulfide) groups is 1. The number of fused-ring (bicyclic) bond motifs is 1. The predicted octanol–water partition coefficient (Wildman–Crippen LogP) is 2.75. The molecular formula is C12H14ClNO2S2. The number of nitrogens with zero attached hydrogens (tertiary/aromatic N) is 1. The molecule has 0 radical (unpaired) electrons. The summed E-state index contributed by atoms with van der Waals surface area (Å²) >= 11 is 9.20. The average molecular weight is 304 g/mol. The summed E-state index contributed by atoms with van der Waals surface area (Å²) in [6.45, 7) is 2.36. The fraction of sp³-hybridized carbons (Fsp3) is 0.583. The van der Waals surface area contributed by atoms with Crippen molar-refractivity contribution in [2.24, 2.45) is 0 Å². The largest absolute Gasteiger partial charge is 0.380 e. The van der Waals surface area contributed by atoms with E-state index in [0.29, 0.717) is 15.6 Å². The van der Waals surface area contributed by atoms with Crippen LogP contribution in [0.3, 0.4) is 0 Å². The van der Waals surface area contributed by atoms with E-state index in [-0.39, 0.29) is 5.91 Å². The number of amides is 1. The van der Waals surface area contributed by atoms with Gasteiger partial charge in [-0.2, -0.15) is 11.8 Å². The van der Waals surface area contributed by atoms with Gasteiger partial charge in [-0.15, -0.1) is 11.3 Å². The molecule has 2 saturated heterocycles. The van der Waals surface area contributed by atoms with Crippen LogP contribution in [0.4, 0.5) is 0 Å². The lowest BCUT2D eigenvalue weighted by molar-refractivity contribution is 0.0322. The van der Waals surface area contributed by atoms with E-state index in [4.69, 9.17) is 16.3 Å². The van der Waals surface area contributed by atoms with Gasteiger partial charge in [-0.05, 0) is 18.6 Å². The molecular weight excluding hydrogens is 290 g/mol. The van der Waals surface area contributed by atoms with E-state index in [9.17, 15) is 4.79 Å². The highest BCUT2D eigenvalue weighted by atomic mass is 35.5. The molecule has 1 aromatic heterocycles. The maximum absolute atomic E-state index is 12.5. The van der Waals surface area contributed by atoms with E-state index < -0.39 is 0 Å². The quantitative estimate of drug-likeness (QED) is 0.799. The number of halogens is 1. The molecule has 0 N–H and O–H groups in total. The minimum Gasteiger partial charge on any atom is -0.380 e. The number of rotatable bonds is 1. The van der Waals surface area contributed by atoms with Gasteiger partial charge in [0.2, 0.25) is 0 Å². The maximum Gasteiger partial charge on any atom is 0.264 e. The molecule has 3 heterocycles. The van der Waals surface area contributed by atoms with Gasteiger partial charge >= 0.3 is 0 Å². The minimum atomic E-state index is 0.129. The Morgan fingerprint density at radius 2 is 2.39 bits per heavy atom. The van der Waals surface area contributed by atoms with Crippen LogP contribution < -0.4 is 0 Å². The summed E-state index contributed by atoms with van der Waals surface area (Å²) < 4.78 is 6.17. The molecule has 0 aromatic carbocycles. The van der Waals surface area contributed by atoms with E-state index in [1.165, 1.54) is 11.3 Å². The van der Waals surface area contributed by atoms with Gasteiger partial charge in [0.1, 0.15) is 0 Å². The molecule has 0 saturated carbocycles. The minimum absolute atomic E-state index is 0.129. The number of carbonyl (C=O) groups excluding carboxylic acids is 1. The van der Waals surface area contributed by atoms with Gasteiger partial charge in [-0.1, -0.05) is 11.6 Å². The van der Waals surface area contributed by atoms with Crippen molar-refractivity contribution in [1.82, 2.24) is 4.90 Å². The number of carbonyl (C=O) groups is 1. The molecule has 0 unspecified atom stereocenters. The van der Waals surface area contributed by atoms with Crippen molar-refractivity contribution in [3.8, 4) is 0 Å². The molecule has 1 amide bonds. The van der Waals surface area contributed by atoms with Crippen molar-refractivity contribution in [3.05, 3.63) is 21.3 Å². The Hall–Kier alpha value is -0.230. The van der Waals surface area contributed by atoms with Gasteiger partial charge < -0.3 is 9.64 Å². The lowest BCUT2D eigenvalue weighted by Gasteiger charge is -2.43. The second kappa shape index (κ2) is 5.41.